The van der Waals surface area contributed by atoms with Crippen molar-refractivity contribution in [3.8, 4) is 0 Å². The number of halogens is 2. The van der Waals surface area contributed by atoms with Crippen LogP contribution in [0.1, 0.15) is 35.9 Å². The Morgan fingerprint density at radius 3 is 2.81 bits per heavy atom. The number of benzene rings is 1. The maximum Gasteiger partial charge on any atom is 0.146 e. The van der Waals surface area contributed by atoms with Gasteiger partial charge in [-0.05, 0) is 32.9 Å². The molecule has 1 heterocycles. The normalized spacial score (nSPS) is 11.1. The van der Waals surface area contributed by atoms with Crippen LogP contribution in [0.2, 0.25) is 5.02 Å². The van der Waals surface area contributed by atoms with Crippen LogP contribution in [0.25, 0.3) is 0 Å². The highest BCUT2D eigenvalue weighted by molar-refractivity contribution is 6.30. The maximum absolute atomic E-state index is 14.0. The van der Waals surface area contributed by atoms with E-state index >= 15 is 0 Å². The Bertz CT molecular complexity index is 622. The number of nitrogens with one attached hydrogen (secondary N) is 1. The van der Waals surface area contributed by atoms with Crippen LogP contribution >= 0.6 is 11.6 Å². The fourth-order valence-electron chi connectivity index (χ4n) is 2.37. The predicted molar refractivity (Wildman–Crippen MR) is 84.2 cm³/mol. The van der Waals surface area contributed by atoms with Crippen molar-refractivity contribution >= 4 is 11.6 Å². The highest BCUT2D eigenvalue weighted by atomic mass is 35.5. The first kappa shape index (κ1) is 16.0. The molecule has 0 bridgehead atoms. The lowest BCUT2D eigenvalue weighted by Crippen LogP contribution is -2.15. The smallest absolute Gasteiger partial charge is 0.146 e. The van der Waals surface area contributed by atoms with Gasteiger partial charge in [-0.2, -0.15) is 5.10 Å². The molecule has 3 nitrogen and oxygen atoms in total. The molecule has 21 heavy (non-hydrogen) atoms. The number of aryl methyl sites for hydroxylation is 1. The average molecular weight is 310 g/mol. The van der Waals surface area contributed by atoms with E-state index in [0.29, 0.717) is 12.1 Å². The van der Waals surface area contributed by atoms with Gasteiger partial charge in [0.15, 0.2) is 0 Å². The van der Waals surface area contributed by atoms with Crippen molar-refractivity contribution in [2.24, 2.45) is 0 Å². The average Bonchev–Trinajstić information content (AvgIpc) is 2.71. The molecule has 0 aliphatic rings. The van der Waals surface area contributed by atoms with Gasteiger partial charge in [-0.3, -0.25) is 4.68 Å². The summed E-state index contributed by atoms with van der Waals surface area (Å²) >= 11 is 5.83. The van der Waals surface area contributed by atoms with Gasteiger partial charge in [-0.1, -0.05) is 30.7 Å². The lowest BCUT2D eigenvalue weighted by atomic mass is 10.2. The molecule has 1 N–H and O–H groups in total. The van der Waals surface area contributed by atoms with Crippen molar-refractivity contribution in [2.75, 3.05) is 6.54 Å². The fraction of sp³-hybridized carbons (Fsp3) is 0.438. The molecule has 0 radical (unpaired) electrons. The molecule has 114 valence electrons. The Morgan fingerprint density at radius 2 is 2.10 bits per heavy atom. The van der Waals surface area contributed by atoms with Crippen LogP contribution in [0.3, 0.4) is 0 Å². The van der Waals surface area contributed by atoms with Gasteiger partial charge in [-0.15, -0.1) is 0 Å². The Balaban J connectivity index is 2.21. The summed E-state index contributed by atoms with van der Waals surface area (Å²) in [6, 6.07) is 5.06. The first-order valence-corrected chi connectivity index (χ1v) is 7.58. The fourth-order valence-corrected chi connectivity index (χ4v) is 2.56. The van der Waals surface area contributed by atoms with Crippen molar-refractivity contribution < 1.29 is 4.39 Å². The highest BCUT2D eigenvalue weighted by Crippen LogP contribution is 2.20. The minimum atomic E-state index is -0.364. The van der Waals surface area contributed by atoms with Gasteiger partial charge in [0.25, 0.3) is 0 Å². The Labute approximate surface area is 130 Å². The van der Waals surface area contributed by atoms with Gasteiger partial charge >= 0.3 is 0 Å². The van der Waals surface area contributed by atoms with Gasteiger partial charge in [0.1, 0.15) is 5.82 Å². The van der Waals surface area contributed by atoms with E-state index in [1.807, 2.05) is 18.5 Å². The van der Waals surface area contributed by atoms with Crippen molar-refractivity contribution in [1.29, 1.82) is 0 Å². The minimum absolute atomic E-state index is 0.152. The minimum Gasteiger partial charge on any atom is -0.313 e. The molecule has 1 aromatic heterocycles. The summed E-state index contributed by atoms with van der Waals surface area (Å²) in [4.78, 5) is 0. The summed E-state index contributed by atoms with van der Waals surface area (Å²) in [5.74, 6) is -0.364. The molecule has 0 unspecified atom stereocenters. The van der Waals surface area contributed by atoms with Gasteiger partial charge in [0.05, 0.1) is 17.3 Å². The lowest BCUT2D eigenvalue weighted by Gasteiger charge is -2.08. The molecule has 1 aromatic carbocycles. The van der Waals surface area contributed by atoms with E-state index in [-0.39, 0.29) is 10.8 Å². The molecule has 0 saturated carbocycles. The van der Waals surface area contributed by atoms with Crippen LogP contribution in [0.15, 0.2) is 18.2 Å². The molecule has 0 saturated heterocycles. The third kappa shape index (κ3) is 3.63. The Kier molecular flexibility index (Phi) is 5.37. The number of aromatic nitrogens is 2. The Hall–Kier alpha value is -1.39. The van der Waals surface area contributed by atoms with E-state index in [1.54, 1.807) is 18.2 Å². The number of nitrogens with zero attached hydrogens (tertiary/aromatic N) is 2. The molecule has 0 aliphatic carbocycles. The quantitative estimate of drug-likeness (QED) is 0.822. The Morgan fingerprint density at radius 1 is 1.33 bits per heavy atom. The van der Waals surface area contributed by atoms with Gasteiger partial charge in [0, 0.05) is 23.4 Å². The molecule has 0 amide bonds. The van der Waals surface area contributed by atoms with Crippen molar-refractivity contribution in [3.63, 3.8) is 0 Å². The third-order valence-corrected chi connectivity index (χ3v) is 3.90. The second kappa shape index (κ2) is 7.05. The van der Waals surface area contributed by atoms with Gasteiger partial charge in [0.2, 0.25) is 0 Å². The molecule has 0 aliphatic heterocycles. The first-order valence-electron chi connectivity index (χ1n) is 7.21. The van der Waals surface area contributed by atoms with E-state index < -0.39 is 0 Å². The van der Waals surface area contributed by atoms with E-state index in [9.17, 15) is 4.39 Å². The monoisotopic (exact) mass is 309 g/mol. The summed E-state index contributed by atoms with van der Waals surface area (Å²) in [6.07, 6.45) is 1.10. The van der Waals surface area contributed by atoms with E-state index in [2.05, 4.69) is 17.3 Å². The second-order valence-electron chi connectivity index (χ2n) is 5.20. The second-order valence-corrected chi connectivity index (χ2v) is 5.60. The van der Waals surface area contributed by atoms with Crippen LogP contribution in [0.4, 0.5) is 4.39 Å². The van der Waals surface area contributed by atoms with Crippen LogP contribution < -0.4 is 5.32 Å². The largest absolute Gasteiger partial charge is 0.313 e. The van der Waals surface area contributed by atoms with Crippen LogP contribution in [0, 0.1) is 19.7 Å². The molecule has 0 fully saturated rings. The van der Waals surface area contributed by atoms with Crippen molar-refractivity contribution in [3.05, 3.63) is 51.6 Å². The standard InChI is InChI=1S/C16H21ClFN3/c1-4-8-19-9-14-11(2)20-21(12(14)3)10-13-6-5-7-15(17)16(13)18/h5-7,19H,4,8-10H2,1-3H3. The molecule has 2 aromatic rings. The maximum atomic E-state index is 14.0. The first-order chi connectivity index (χ1) is 10.0. The number of hydrogen-bond donors (Lipinski definition) is 1. The highest BCUT2D eigenvalue weighted by Gasteiger charge is 2.13. The van der Waals surface area contributed by atoms with Crippen LogP contribution in [-0.4, -0.2) is 16.3 Å². The van der Waals surface area contributed by atoms with E-state index in [0.717, 1.165) is 30.9 Å². The topological polar surface area (TPSA) is 29.9 Å². The number of rotatable bonds is 6. The molecular weight excluding hydrogens is 289 g/mol. The molecule has 0 atom stereocenters. The summed E-state index contributed by atoms with van der Waals surface area (Å²) in [7, 11) is 0. The SMILES string of the molecule is CCCNCc1c(C)nn(Cc2cccc(Cl)c2F)c1C. The zero-order valence-corrected chi connectivity index (χ0v) is 13.5. The summed E-state index contributed by atoms with van der Waals surface area (Å²) in [5.41, 5.74) is 3.79. The summed E-state index contributed by atoms with van der Waals surface area (Å²) in [5, 5.41) is 8.06. The summed E-state index contributed by atoms with van der Waals surface area (Å²) < 4.78 is 15.8. The predicted octanol–water partition coefficient (Wildman–Crippen LogP) is 3.84. The third-order valence-electron chi connectivity index (χ3n) is 3.61. The van der Waals surface area contributed by atoms with Gasteiger partial charge in [-0.25, -0.2) is 4.39 Å². The van der Waals surface area contributed by atoms with Gasteiger partial charge < -0.3 is 5.32 Å². The molecule has 0 spiro atoms. The van der Waals surface area contributed by atoms with Crippen molar-refractivity contribution in [2.45, 2.75) is 40.3 Å². The van der Waals surface area contributed by atoms with E-state index in [4.69, 9.17) is 11.6 Å². The van der Waals surface area contributed by atoms with Crippen LogP contribution in [-0.2, 0) is 13.1 Å². The van der Waals surface area contributed by atoms with E-state index in [1.165, 1.54) is 5.56 Å². The number of hydrogen-bond acceptors (Lipinski definition) is 2. The van der Waals surface area contributed by atoms with Crippen LogP contribution in [0.5, 0.6) is 0 Å². The molecule has 5 heteroatoms. The molecule has 2 rings (SSSR count). The molecular formula is C16H21ClFN3. The zero-order chi connectivity index (χ0) is 15.4. The van der Waals surface area contributed by atoms with Crippen molar-refractivity contribution in [1.82, 2.24) is 15.1 Å². The lowest BCUT2D eigenvalue weighted by molar-refractivity contribution is 0.578. The summed E-state index contributed by atoms with van der Waals surface area (Å²) in [6.45, 7) is 8.31. The zero-order valence-electron chi connectivity index (χ0n) is 12.7.